The maximum Gasteiger partial charge on any atom is 0.235 e. The van der Waals surface area contributed by atoms with Gasteiger partial charge in [0.1, 0.15) is 0 Å². The minimum Gasteiger partial charge on any atom is -0.211 e. The fourth-order valence-corrected chi connectivity index (χ4v) is 2.50. The quantitative estimate of drug-likeness (QED) is 0.460. The molecule has 0 spiro atoms. The van der Waals surface area contributed by atoms with Crippen LogP contribution in [-0.4, -0.2) is 12.3 Å². The van der Waals surface area contributed by atoms with Gasteiger partial charge in [-0.2, -0.15) is 4.99 Å². The van der Waals surface area contributed by atoms with E-state index >= 15 is 0 Å². The Labute approximate surface area is 97.7 Å². The van der Waals surface area contributed by atoms with E-state index < -0.39 is 0 Å². The monoisotopic (exact) mass is 239 g/mol. The van der Waals surface area contributed by atoms with Crippen molar-refractivity contribution in [1.29, 1.82) is 0 Å². The zero-order chi connectivity index (χ0) is 10.9. The first-order chi connectivity index (χ1) is 7.22. The average Bonchev–Trinajstić information content (AvgIpc) is 2.99. The summed E-state index contributed by atoms with van der Waals surface area (Å²) >= 11 is 7.71. The third kappa shape index (κ3) is 1.96. The van der Waals surface area contributed by atoms with Crippen LogP contribution in [0, 0.1) is 0 Å². The SMILES string of the molecule is CSc1ccc(C2(N=C=O)CC2)cc1Cl. The zero-order valence-corrected chi connectivity index (χ0v) is 9.86. The Morgan fingerprint density at radius 2 is 2.27 bits per heavy atom. The normalized spacial score (nSPS) is 16.9. The van der Waals surface area contributed by atoms with Gasteiger partial charge in [-0.1, -0.05) is 17.7 Å². The molecule has 0 unspecified atom stereocenters. The molecule has 2 nitrogen and oxygen atoms in total. The van der Waals surface area contributed by atoms with Gasteiger partial charge in [-0.05, 0) is 36.8 Å². The summed E-state index contributed by atoms with van der Waals surface area (Å²) in [4.78, 5) is 15.2. The molecule has 0 N–H and O–H groups in total. The predicted octanol–water partition coefficient (Wildman–Crippen LogP) is 3.39. The second-order valence-electron chi connectivity index (χ2n) is 3.58. The second kappa shape index (κ2) is 4.01. The average molecular weight is 240 g/mol. The molecule has 78 valence electrons. The van der Waals surface area contributed by atoms with E-state index in [1.54, 1.807) is 17.8 Å². The Balaban J connectivity index is 2.38. The lowest BCUT2D eigenvalue weighted by molar-refractivity contribution is 0.556. The first-order valence-electron chi connectivity index (χ1n) is 4.65. The highest BCUT2D eigenvalue weighted by molar-refractivity contribution is 7.98. The van der Waals surface area contributed by atoms with Crippen molar-refractivity contribution >= 4 is 29.4 Å². The molecule has 1 fully saturated rings. The largest absolute Gasteiger partial charge is 0.235 e. The Bertz CT molecular complexity index is 436. The lowest BCUT2D eigenvalue weighted by Gasteiger charge is -2.09. The Hall–Kier alpha value is -0.760. The Morgan fingerprint density at radius 1 is 1.53 bits per heavy atom. The summed E-state index contributed by atoms with van der Waals surface area (Å²) in [6, 6.07) is 5.87. The van der Waals surface area contributed by atoms with Crippen molar-refractivity contribution < 1.29 is 4.79 Å². The van der Waals surface area contributed by atoms with Gasteiger partial charge in [0.2, 0.25) is 6.08 Å². The van der Waals surface area contributed by atoms with Gasteiger partial charge in [0.25, 0.3) is 0 Å². The predicted molar refractivity (Wildman–Crippen MR) is 62.3 cm³/mol. The highest BCUT2D eigenvalue weighted by Gasteiger charge is 2.44. The van der Waals surface area contributed by atoms with Gasteiger partial charge in [0.05, 0.1) is 10.6 Å². The number of hydrogen-bond donors (Lipinski definition) is 0. The Morgan fingerprint density at radius 3 is 2.73 bits per heavy atom. The van der Waals surface area contributed by atoms with Crippen molar-refractivity contribution in [3.8, 4) is 0 Å². The maximum atomic E-state index is 10.3. The van der Waals surface area contributed by atoms with Crippen molar-refractivity contribution in [2.45, 2.75) is 23.3 Å². The van der Waals surface area contributed by atoms with E-state index in [0.717, 1.165) is 28.3 Å². The van der Waals surface area contributed by atoms with Crippen LogP contribution in [0.3, 0.4) is 0 Å². The van der Waals surface area contributed by atoms with E-state index in [0.29, 0.717) is 0 Å². The molecule has 0 atom stereocenters. The third-order valence-corrected chi connectivity index (χ3v) is 3.89. The number of benzene rings is 1. The molecule has 1 aromatic rings. The van der Waals surface area contributed by atoms with E-state index in [1.807, 2.05) is 24.5 Å². The molecule has 2 rings (SSSR count). The van der Waals surface area contributed by atoms with Crippen molar-refractivity contribution in [1.82, 2.24) is 0 Å². The zero-order valence-electron chi connectivity index (χ0n) is 8.29. The summed E-state index contributed by atoms with van der Waals surface area (Å²) in [5.74, 6) is 0. The van der Waals surface area contributed by atoms with Crippen LogP contribution in [0.15, 0.2) is 28.1 Å². The third-order valence-electron chi connectivity index (χ3n) is 2.67. The molecule has 0 bridgehead atoms. The van der Waals surface area contributed by atoms with Crippen LogP contribution in [0.1, 0.15) is 18.4 Å². The number of isocyanates is 1. The molecule has 1 aliphatic rings. The molecule has 1 aromatic carbocycles. The number of halogens is 1. The number of nitrogens with zero attached hydrogens (tertiary/aromatic N) is 1. The molecular weight excluding hydrogens is 230 g/mol. The standard InChI is InChI=1S/C11H10ClNOS/c1-15-10-3-2-8(6-9(10)12)11(4-5-11)13-7-14/h2-3,6H,4-5H2,1H3. The van der Waals surface area contributed by atoms with Crippen LogP contribution in [0.25, 0.3) is 0 Å². The molecule has 0 saturated heterocycles. The topological polar surface area (TPSA) is 29.4 Å². The summed E-state index contributed by atoms with van der Waals surface area (Å²) in [6.45, 7) is 0. The lowest BCUT2D eigenvalue weighted by atomic mass is 10.1. The van der Waals surface area contributed by atoms with E-state index in [2.05, 4.69) is 4.99 Å². The molecular formula is C11H10ClNOS. The van der Waals surface area contributed by atoms with Crippen LogP contribution in [0.4, 0.5) is 0 Å². The number of hydrogen-bond acceptors (Lipinski definition) is 3. The van der Waals surface area contributed by atoms with Crippen molar-refractivity contribution in [2.24, 2.45) is 4.99 Å². The molecule has 0 aliphatic heterocycles. The van der Waals surface area contributed by atoms with Gasteiger partial charge >= 0.3 is 0 Å². The molecule has 0 aromatic heterocycles. The van der Waals surface area contributed by atoms with Crippen LogP contribution < -0.4 is 0 Å². The van der Waals surface area contributed by atoms with Crippen LogP contribution in [0.5, 0.6) is 0 Å². The number of aliphatic imine (C=N–C) groups is 1. The number of carbonyl (C=O) groups excluding carboxylic acids is 1. The van der Waals surface area contributed by atoms with Crippen molar-refractivity contribution in [2.75, 3.05) is 6.26 Å². The molecule has 0 amide bonds. The van der Waals surface area contributed by atoms with Gasteiger partial charge in [0.15, 0.2) is 0 Å². The fourth-order valence-electron chi connectivity index (χ4n) is 1.63. The van der Waals surface area contributed by atoms with Gasteiger partial charge < -0.3 is 0 Å². The fraction of sp³-hybridized carbons (Fsp3) is 0.364. The maximum absolute atomic E-state index is 10.3. The van der Waals surface area contributed by atoms with E-state index in [4.69, 9.17) is 11.6 Å². The second-order valence-corrected chi connectivity index (χ2v) is 4.84. The van der Waals surface area contributed by atoms with Crippen LogP contribution in [0.2, 0.25) is 5.02 Å². The van der Waals surface area contributed by atoms with E-state index in [-0.39, 0.29) is 5.54 Å². The minimum absolute atomic E-state index is 0.317. The van der Waals surface area contributed by atoms with Crippen LogP contribution in [-0.2, 0) is 10.3 Å². The first-order valence-corrected chi connectivity index (χ1v) is 6.25. The van der Waals surface area contributed by atoms with Gasteiger partial charge in [-0.25, -0.2) is 4.79 Å². The molecule has 1 saturated carbocycles. The van der Waals surface area contributed by atoms with Gasteiger partial charge in [-0.3, -0.25) is 0 Å². The highest BCUT2D eigenvalue weighted by Crippen LogP contribution is 2.50. The summed E-state index contributed by atoms with van der Waals surface area (Å²) < 4.78 is 0. The minimum atomic E-state index is -0.317. The lowest BCUT2D eigenvalue weighted by Crippen LogP contribution is -2.01. The number of thioether (sulfide) groups is 1. The van der Waals surface area contributed by atoms with Gasteiger partial charge in [-0.15, -0.1) is 11.8 Å². The summed E-state index contributed by atoms with van der Waals surface area (Å²) in [5, 5.41) is 0.729. The Kier molecular flexibility index (Phi) is 2.87. The van der Waals surface area contributed by atoms with E-state index in [1.165, 1.54) is 0 Å². The summed E-state index contributed by atoms with van der Waals surface area (Å²) in [5.41, 5.74) is 0.705. The van der Waals surface area contributed by atoms with Crippen molar-refractivity contribution in [3.05, 3.63) is 28.8 Å². The van der Waals surface area contributed by atoms with Crippen molar-refractivity contribution in [3.63, 3.8) is 0 Å². The molecule has 4 heteroatoms. The summed E-state index contributed by atoms with van der Waals surface area (Å²) in [7, 11) is 0. The number of rotatable bonds is 3. The highest BCUT2D eigenvalue weighted by atomic mass is 35.5. The smallest absolute Gasteiger partial charge is 0.211 e. The molecule has 0 heterocycles. The van der Waals surface area contributed by atoms with Crippen LogP contribution >= 0.6 is 23.4 Å². The first kappa shape index (κ1) is 10.7. The summed E-state index contributed by atoms with van der Waals surface area (Å²) in [6.07, 6.45) is 5.45. The molecule has 1 aliphatic carbocycles. The molecule has 15 heavy (non-hydrogen) atoms. The molecule has 0 radical (unpaired) electrons. The van der Waals surface area contributed by atoms with E-state index in [9.17, 15) is 4.79 Å². The van der Waals surface area contributed by atoms with Gasteiger partial charge in [0, 0.05) is 4.90 Å².